The van der Waals surface area contributed by atoms with Gasteiger partial charge in [0.1, 0.15) is 11.1 Å². The van der Waals surface area contributed by atoms with Crippen LogP contribution in [0.3, 0.4) is 0 Å². The zero-order valence-corrected chi connectivity index (χ0v) is 20.0. The molecule has 12 heteroatoms. The molecule has 0 aromatic heterocycles. The van der Waals surface area contributed by atoms with E-state index < -0.39 is 40.3 Å². The third-order valence-corrected chi connectivity index (χ3v) is 6.44. The van der Waals surface area contributed by atoms with Crippen LogP contribution < -0.4 is 4.90 Å². The number of hydrogen-bond donors (Lipinski definition) is 0. The fourth-order valence-corrected chi connectivity index (χ4v) is 4.49. The third-order valence-electron chi connectivity index (χ3n) is 6.12. The molecule has 0 aliphatic carbocycles. The van der Waals surface area contributed by atoms with E-state index in [2.05, 4.69) is 4.74 Å². The molecule has 0 radical (unpaired) electrons. The van der Waals surface area contributed by atoms with Crippen molar-refractivity contribution < 1.29 is 33.6 Å². The second kappa shape index (κ2) is 10.4. The summed E-state index contributed by atoms with van der Waals surface area (Å²) >= 11 is 5.89. The van der Waals surface area contributed by atoms with Gasteiger partial charge in [-0.15, -0.1) is 0 Å². The number of benzene rings is 2. The number of halogens is 1. The van der Waals surface area contributed by atoms with Gasteiger partial charge in [-0.25, -0.2) is 9.69 Å². The second-order valence-corrected chi connectivity index (χ2v) is 8.75. The molecule has 2 aromatic carbocycles. The van der Waals surface area contributed by atoms with Crippen LogP contribution in [0.15, 0.2) is 42.5 Å². The van der Waals surface area contributed by atoms with E-state index >= 15 is 0 Å². The minimum absolute atomic E-state index is 0.0358. The number of carbonyl (C=O) groups excluding carboxylic acids is 4. The van der Waals surface area contributed by atoms with E-state index in [0.717, 1.165) is 17.4 Å². The highest BCUT2D eigenvalue weighted by Gasteiger charge is 2.45. The first-order valence-electron chi connectivity index (χ1n) is 11.1. The lowest BCUT2D eigenvalue weighted by Gasteiger charge is -2.30. The van der Waals surface area contributed by atoms with Gasteiger partial charge < -0.3 is 14.4 Å². The van der Waals surface area contributed by atoms with Gasteiger partial charge in [-0.05, 0) is 49.2 Å². The molecule has 2 atom stereocenters. The van der Waals surface area contributed by atoms with Crippen LogP contribution in [0.5, 0.6) is 0 Å². The van der Waals surface area contributed by atoms with Crippen LogP contribution in [-0.2, 0) is 19.1 Å². The first-order chi connectivity index (χ1) is 17.2. The van der Waals surface area contributed by atoms with Crippen molar-refractivity contribution in [1.82, 2.24) is 4.90 Å². The first kappa shape index (κ1) is 25.3. The highest BCUT2D eigenvalue weighted by Crippen LogP contribution is 2.30. The number of ether oxygens (including phenoxy) is 2. The molecule has 36 heavy (non-hydrogen) atoms. The second-order valence-electron chi connectivity index (χ2n) is 8.34. The minimum atomic E-state index is -1.13. The number of carbonyl (C=O) groups is 4. The van der Waals surface area contributed by atoms with E-state index in [1.165, 1.54) is 48.4 Å². The molecule has 2 unspecified atom stereocenters. The first-order valence-corrected chi connectivity index (χ1v) is 11.5. The molecule has 0 spiro atoms. The number of rotatable bonds is 7. The van der Waals surface area contributed by atoms with E-state index in [1.807, 2.05) is 0 Å². The van der Waals surface area contributed by atoms with E-state index in [-0.39, 0.29) is 40.9 Å². The molecule has 0 saturated carbocycles. The summed E-state index contributed by atoms with van der Waals surface area (Å²) in [6.07, 6.45) is 0.839. The van der Waals surface area contributed by atoms with Crippen LogP contribution in [0.2, 0.25) is 5.02 Å². The van der Waals surface area contributed by atoms with Gasteiger partial charge in [0.2, 0.25) is 5.91 Å². The number of amides is 3. The normalized spacial score (nSPS) is 19.4. The molecule has 0 N–H and O–H groups in total. The van der Waals surface area contributed by atoms with Gasteiger partial charge in [-0.1, -0.05) is 11.6 Å². The lowest BCUT2D eigenvalue weighted by molar-refractivity contribution is -0.384. The van der Waals surface area contributed by atoms with E-state index in [9.17, 15) is 29.3 Å². The highest BCUT2D eigenvalue weighted by molar-refractivity contribution is 6.32. The molecule has 2 heterocycles. The Morgan fingerprint density at radius 2 is 1.89 bits per heavy atom. The van der Waals surface area contributed by atoms with Crippen molar-refractivity contribution in [2.24, 2.45) is 0 Å². The number of nitro benzene ring substituents is 1. The monoisotopic (exact) mass is 515 g/mol. The lowest BCUT2D eigenvalue weighted by Crippen LogP contribution is -2.48. The molecule has 2 saturated heterocycles. The van der Waals surface area contributed by atoms with Gasteiger partial charge >= 0.3 is 5.97 Å². The molecular formula is C24H22ClN3O8. The quantitative estimate of drug-likeness (QED) is 0.237. The van der Waals surface area contributed by atoms with E-state index in [4.69, 9.17) is 16.3 Å². The number of anilines is 1. The lowest BCUT2D eigenvalue weighted by atomic mass is 10.1. The summed E-state index contributed by atoms with van der Waals surface area (Å²) in [6.45, 7) is 0.545. The van der Waals surface area contributed by atoms with Gasteiger partial charge in [0.05, 0.1) is 35.8 Å². The van der Waals surface area contributed by atoms with Gasteiger partial charge in [0, 0.05) is 24.8 Å². The smallest absolute Gasteiger partial charge is 0.337 e. The average Bonchev–Trinajstić information content (AvgIpc) is 3.49. The Labute approximate surface area is 210 Å². The van der Waals surface area contributed by atoms with Gasteiger partial charge in [0.15, 0.2) is 0 Å². The Kier molecular flexibility index (Phi) is 7.32. The molecule has 2 aliphatic heterocycles. The Morgan fingerprint density at radius 1 is 1.19 bits per heavy atom. The van der Waals surface area contributed by atoms with Crippen molar-refractivity contribution in [3.8, 4) is 0 Å². The van der Waals surface area contributed by atoms with Gasteiger partial charge in [-0.3, -0.25) is 24.5 Å². The van der Waals surface area contributed by atoms with Gasteiger partial charge in [-0.2, -0.15) is 0 Å². The largest absolute Gasteiger partial charge is 0.465 e. The SMILES string of the molecule is COC(=O)c1ccc(N2C(=O)CC(N(CC3CCCO3)C(=O)c3ccc(Cl)c([N+](=O)[O-])c3)C2=O)cc1. The van der Waals surface area contributed by atoms with Crippen LogP contribution in [0, 0.1) is 10.1 Å². The summed E-state index contributed by atoms with van der Waals surface area (Å²) in [5, 5.41) is 11.2. The van der Waals surface area contributed by atoms with Crippen LogP contribution in [-0.4, -0.2) is 65.9 Å². The fraction of sp³-hybridized carbons (Fsp3) is 0.333. The van der Waals surface area contributed by atoms with Crippen LogP contribution in [0.4, 0.5) is 11.4 Å². The molecule has 0 bridgehead atoms. The maximum atomic E-state index is 13.5. The molecule has 2 aromatic rings. The Morgan fingerprint density at radius 3 is 2.50 bits per heavy atom. The molecule has 4 rings (SSSR count). The molecule has 11 nitrogen and oxygen atoms in total. The van der Waals surface area contributed by atoms with Crippen LogP contribution >= 0.6 is 11.6 Å². The molecular weight excluding hydrogens is 494 g/mol. The van der Waals surface area contributed by atoms with E-state index in [0.29, 0.717) is 13.0 Å². The highest BCUT2D eigenvalue weighted by atomic mass is 35.5. The Hall–Kier alpha value is -3.83. The molecule has 3 amide bonds. The average molecular weight is 516 g/mol. The van der Waals surface area contributed by atoms with Crippen molar-refractivity contribution >= 4 is 46.7 Å². The summed E-state index contributed by atoms with van der Waals surface area (Å²) in [6, 6.07) is 8.24. The van der Waals surface area contributed by atoms with Crippen LogP contribution in [0.25, 0.3) is 0 Å². The summed E-state index contributed by atoms with van der Waals surface area (Å²) in [5.41, 5.74) is 0.00849. The number of nitro groups is 1. The number of nitrogens with zero attached hydrogens (tertiary/aromatic N) is 3. The molecule has 2 fully saturated rings. The maximum absolute atomic E-state index is 13.5. The predicted octanol–water partition coefficient (Wildman–Crippen LogP) is 2.99. The topological polar surface area (TPSA) is 136 Å². The van der Waals surface area contributed by atoms with Crippen molar-refractivity contribution in [2.75, 3.05) is 25.2 Å². The molecule has 188 valence electrons. The van der Waals surface area contributed by atoms with Crippen molar-refractivity contribution in [3.63, 3.8) is 0 Å². The Bertz CT molecular complexity index is 1230. The summed E-state index contributed by atoms with van der Waals surface area (Å²) < 4.78 is 10.3. The van der Waals surface area contributed by atoms with Crippen LogP contribution in [0.1, 0.15) is 40.0 Å². The fourth-order valence-electron chi connectivity index (χ4n) is 4.31. The minimum Gasteiger partial charge on any atom is -0.465 e. The number of imide groups is 1. The summed E-state index contributed by atoms with van der Waals surface area (Å²) in [5.74, 6) is -2.37. The Balaban J connectivity index is 1.65. The zero-order valence-electron chi connectivity index (χ0n) is 19.2. The number of methoxy groups -OCH3 is 1. The van der Waals surface area contributed by atoms with Gasteiger partial charge in [0.25, 0.3) is 17.5 Å². The maximum Gasteiger partial charge on any atom is 0.337 e. The van der Waals surface area contributed by atoms with Crippen molar-refractivity contribution in [2.45, 2.75) is 31.4 Å². The van der Waals surface area contributed by atoms with Crippen molar-refractivity contribution in [3.05, 3.63) is 68.7 Å². The summed E-state index contributed by atoms with van der Waals surface area (Å²) in [7, 11) is 1.24. The predicted molar refractivity (Wildman–Crippen MR) is 127 cm³/mol. The zero-order chi connectivity index (χ0) is 26.0. The molecule has 2 aliphatic rings. The van der Waals surface area contributed by atoms with E-state index in [1.54, 1.807) is 0 Å². The number of esters is 1. The third kappa shape index (κ3) is 4.93. The standard InChI is InChI=1S/C24H22ClN3O8/c1-35-24(32)14-4-7-16(8-5-14)27-21(29)12-20(23(27)31)26(13-17-3-2-10-36-17)22(30)15-6-9-18(25)19(11-15)28(33)34/h4-9,11,17,20H,2-3,10,12-13H2,1H3. The van der Waals surface area contributed by atoms with Crippen molar-refractivity contribution in [1.29, 1.82) is 0 Å². The summed E-state index contributed by atoms with van der Waals surface area (Å²) in [4.78, 5) is 64.4. The number of hydrogen-bond acceptors (Lipinski definition) is 8.